The van der Waals surface area contributed by atoms with E-state index in [4.69, 9.17) is 4.74 Å². The van der Waals surface area contributed by atoms with Crippen molar-refractivity contribution >= 4 is 17.7 Å². The molecule has 1 unspecified atom stereocenters. The molecule has 1 N–H and O–H groups in total. The van der Waals surface area contributed by atoms with Crippen molar-refractivity contribution in [1.29, 1.82) is 0 Å². The van der Waals surface area contributed by atoms with Crippen LogP contribution >= 0.6 is 0 Å². The van der Waals surface area contributed by atoms with Gasteiger partial charge in [0.25, 0.3) is 0 Å². The van der Waals surface area contributed by atoms with Gasteiger partial charge >= 0.3 is 6.09 Å². The van der Waals surface area contributed by atoms with E-state index in [9.17, 15) is 9.59 Å². The van der Waals surface area contributed by atoms with E-state index >= 15 is 0 Å². The summed E-state index contributed by atoms with van der Waals surface area (Å²) in [5.74, 6) is 0.305. The number of nitrogens with zero attached hydrogens (tertiary/aromatic N) is 2. The van der Waals surface area contributed by atoms with Gasteiger partial charge in [-0.1, -0.05) is 26.0 Å². The van der Waals surface area contributed by atoms with Gasteiger partial charge in [-0.2, -0.15) is 0 Å². The first kappa shape index (κ1) is 20.2. The van der Waals surface area contributed by atoms with E-state index in [1.807, 2.05) is 52.0 Å². The summed E-state index contributed by atoms with van der Waals surface area (Å²) in [5.41, 5.74) is 1.93. The number of hydrogen-bond acceptors (Lipinski definition) is 4. The molecule has 0 saturated carbocycles. The van der Waals surface area contributed by atoms with Crippen LogP contribution in [0.2, 0.25) is 0 Å². The summed E-state index contributed by atoms with van der Waals surface area (Å²) in [6, 6.07) is 7.54. The summed E-state index contributed by atoms with van der Waals surface area (Å²) >= 11 is 0. The highest BCUT2D eigenvalue weighted by Crippen LogP contribution is 2.13. The van der Waals surface area contributed by atoms with Gasteiger partial charge in [-0.05, 0) is 43.9 Å². The predicted octanol–water partition coefficient (Wildman–Crippen LogP) is 3.12. The molecular weight excluding hydrogens is 330 g/mol. The lowest BCUT2D eigenvalue weighted by molar-refractivity contribution is -0.120. The van der Waals surface area contributed by atoms with Gasteiger partial charge in [0.1, 0.15) is 0 Å². The topological polar surface area (TPSA) is 61.9 Å². The molecule has 6 heteroatoms. The van der Waals surface area contributed by atoms with E-state index in [2.05, 4.69) is 10.2 Å². The summed E-state index contributed by atoms with van der Waals surface area (Å²) in [7, 11) is 0. The third kappa shape index (κ3) is 6.02. The van der Waals surface area contributed by atoms with Crippen LogP contribution in [0.15, 0.2) is 24.3 Å². The van der Waals surface area contributed by atoms with Crippen LogP contribution in [-0.2, 0) is 9.53 Å². The molecule has 1 fully saturated rings. The number of carbonyl (C=O) groups is 2. The van der Waals surface area contributed by atoms with Crippen LogP contribution in [0.3, 0.4) is 0 Å². The molecule has 1 atom stereocenters. The number of benzene rings is 1. The van der Waals surface area contributed by atoms with Crippen molar-refractivity contribution in [2.45, 2.75) is 40.2 Å². The largest absolute Gasteiger partial charge is 0.449 e. The number of hydrogen-bond donors (Lipinski definition) is 1. The van der Waals surface area contributed by atoms with E-state index in [0.29, 0.717) is 32.2 Å². The predicted molar refractivity (Wildman–Crippen MR) is 103 cm³/mol. The molecule has 1 heterocycles. The van der Waals surface area contributed by atoms with Gasteiger partial charge in [0.2, 0.25) is 5.91 Å². The molecule has 1 aromatic carbocycles. The van der Waals surface area contributed by atoms with Crippen LogP contribution in [-0.4, -0.2) is 60.6 Å². The summed E-state index contributed by atoms with van der Waals surface area (Å²) in [6.45, 7) is 11.1. The standard InChI is InChI=1S/C20H31N3O3/c1-15(2)14-26-20(25)23-10-6-9-22(11-12-23)17(4)19(24)21-18-8-5-7-16(3)13-18/h5,7-8,13,15,17H,6,9-12,14H2,1-4H3,(H,21,24). The molecule has 6 nitrogen and oxygen atoms in total. The van der Waals surface area contributed by atoms with E-state index in [1.165, 1.54) is 0 Å². The maximum atomic E-state index is 12.6. The first-order valence-electron chi connectivity index (χ1n) is 9.40. The number of carbonyl (C=O) groups excluding carboxylic acids is 2. The average molecular weight is 361 g/mol. The highest BCUT2D eigenvalue weighted by Gasteiger charge is 2.26. The molecule has 2 rings (SSSR count). The van der Waals surface area contributed by atoms with Crippen molar-refractivity contribution in [3.63, 3.8) is 0 Å². The molecule has 0 aromatic heterocycles. The Hall–Kier alpha value is -2.08. The van der Waals surface area contributed by atoms with Gasteiger partial charge in [-0.25, -0.2) is 4.79 Å². The van der Waals surface area contributed by atoms with E-state index < -0.39 is 0 Å². The minimum Gasteiger partial charge on any atom is -0.449 e. The number of amides is 2. The molecule has 0 bridgehead atoms. The van der Waals surface area contributed by atoms with Crippen LogP contribution in [0, 0.1) is 12.8 Å². The molecule has 0 spiro atoms. The van der Waals surface area contributed by atoms with Gasteiger partial charge in [0.05, 0.1) is 12.6 Å². The minimum atomic E-state index is -0.252. The summed E-state index contributed by atoms with van der Waals surface area (Å²) in [5, 5.41) is 2.98. The van der Waals surface area contributed by atoms with Crippen LogP contribution in [0.5, 0.6) is 0 Å². The zero-order chi connectivity index (χ0) is 19.1. The minimum absolute atomic E-state index is 0.0218. The number of ether oxygens (including phenoxy) is 1. The lowest BCUT2D eigenvalue weighted by atomic mass is 10.2. The lowest BCUT2D eigenvalue weighted by Crippen LogP contribution is -2.44. The van der Waals surface area contributed by atoms with Crippen LogP contribution in [0.4, 0.5) is 10.5 Å². The van der Waals surface area contributed by atoms with Gasteiger partial charge in [0.15, 0.2) is 0 Å². The van der Waals surface area contributed by atoms with Gasteiger partial charge < -0.3 is 15.0 Å². The molecule has 0 radical (unpaired) electrons. The van der Waals surface area contributed by atoms with Crippen LogP contribution in [0.1, 0.15) is 32.8 Å². The smallest absolute Gasteiger partial charge is 0.409 e. The average Bonchev–Trinajstić information content (AvgIpc) is 2.85. The monoisotopic (exact) mass is 361 g/mol. The van der Waals surface area contributed by atoms with Crippen molar-refractivity contribution in [3.8, 4) is 0 Å². The van der Waals surface area contributed by atoms with Crippen molar-refractivity contribution in [2.24, 2.45) is 5.92 Å². The van der Waals surface area contributed by atoms with Crippen molar-refractivity contribution in [3.05, 3.63) is 29.8 Å². The van der Waals surface area contributed by atoms with Gasteiger partial charge in [-0.15, -0.1) is 0 Å². The summed E-state index contributed by atoms with van der Waals surface area (Å²) in [6.07, 6.45) is 0.580. The van der Waals surface area contributed by atoms with Crippen LogP contribution < -0.4 is 5.32 Å². The Morgan fingerprint density at radius 2 is 1.92 bits per heavy atom. The second kappa shape index (κ2) is 9.57. The Morgan fingerprint density at radius 1 is 1.15 bits per heavy atom. The van der Waals surface area contributed by atoms with E-state index in [0.717, 1.165) is 24.2 Å². The van der Waals surface area contributed by atoms with Gasteiger partial charge in [0, 0.05) is 31.9 Å². The van der Waals surface area contributed by atoms with Crippen molar-refractivity contribution in [2.75, 3.05) is 38.1 Å². The Labute approximate surface area is 156 Å². The zero-order valence-corrected chi connectivity index (χ0v) is 16.3. The highest BCUT2D eigenvalue weighted by molar-refractivity contribution is 5.94. The highest BCUT2D eigenvalue weighted by atomic mass is 16.6. The Morgan fingerprint density at radius 3 is 2.62 bits per heavy atom. The molecule has 1 saturated heterocycles. The SMILES string of the molecule is Cc1cccc(NC(=O)C(C)N2CCCN(C(=O)OCC(C)C)CC2)c1. The molecule has 26 heavy (non-hydrogen) atoms. The zero-order valence-electron chi connectivity index (χ0n) is 16.3. The lowest BCUT2D eigenvalue weighted by Gasteiger charge is -2.27. The van der Waals surface area contributed by atoms with E-state index in [-0.39, 0.29) is 18.0 Å². The third-order valence-electron chi connectivity index (χ3n) is 4.54. The molecule has 1 aromatic rings. The van der Waals surface area contributed by atoms with Crippen LogP contribution in [0.25, 0.3) is 0 Å². The second-order valence-electron chi connectivity index (χ2n) is 7.38. The number of anilines is 1. The maximum absolute atomic E-state index is 12.6. The Kier molecular flexibility index (Phi) is 7.45. The first-order valence-corrected chi connectivity index (χ1v) is 9.40. The molecule has 144 valence electrons. The third-order valence-corrected chi connectivity index (χ3v) is 4.54. The fourth-order valence-corrected chi connectivity index (χ4v) is 2.97. The molecular formula is C20H31N3O3. The number of nitrogens with one attached hydrogen (secondary N) is 1. The number of rotatable bonds is 5. The molecule has 1 aliphatic rings. The Bertz CT molecular complexity index is 618. The maximum Gasteiger partial charge on any atom is 0.409 e. The fourth-order valence-electron chi connectivity index (χ4n) is 2.97. The molecule has 1 aliphatic heterocycles. The first-order chi connectivity index (χ1) is 12.4. The Balaban J connectivity index is 1.87. The normalized spacial score (nSPS) is 16.9. The fraction of sp³-hybridized carbons (Fsp3) is 0.600. The summed E-state index contributed by atoms with van der Waals surface area (Å²) in [4.78, 5) is 28.6. The van der Waals surface area contributed by atoms with Crippen molar-refractivity contribution in [1.82, 2.24) is 9.80 Å². The molecule has 0 aliphatic carbocycles. The second-order valence-corrected chi connectivity index (χ2v) is 7.38. The quantitative estimate of drug-likeness (QED) is 0.875. The van der Waals surface area contributed by atoms with Crippen molar-refractivity contribution < 1.29 is 14.3 Å². The van der Waals surface area contributed by atoms with E-state index in [1.54, 1.807) is 4.90 Å². The van der Waals surface area contributed by atoms with Gasteiger partial charge in [-0.3, -0.25) is 9.69 Å². The molecule has 2 amide bonds. The number of aryl methyl sites for hydroxylation is 1. The summed E-state index contributed by atoms with van der Waals surface area (Å²) < 4.78 is 5.32.